The van der Waals surface area contributed by atoms with E-state index >= 15 is 0 Å². The minimum absolute atomic E-state index is 0.0386. The van der Waals surface area contributed by atoms with E-state index in [1.165, 1.54) is 11.0 Å². The molecule has 0 saturated heterocycles. The van der Waals surface area contributed by atoms with E-state index in [1.807, 2.05) is 0 Å². The molecule has 2 amide bonds. The molecule has 4 nitrogen and oxygen atoms in total. The quantitative estimate of drug-likeness (QED) is 0.669. The topological polar surface area (TPSA) is 57.6 Å². The highest BCUT2D eigenvalue weighted by Crippen LogP contribution is 2.25. The number of nitrogens with zero attached hydrogens (tertiary/aromatic N) is 1. The summed E-state index contributed by atoms with van der Waals surface area (Å²) < 4.78 is 0. The van der Waals surface area contributed by atoms with Crippen LogP contribution in [0.4, 0.5) is 0 Å². The van der Waals surface area contributed by atoms with Crippen molar-refractivity contribution >= 4 is 11.8 Å². The van der Waals surface area contributed by atoms with Crippen LogP contribution < -0.4 is 0 Å². The van der Waals surface area contributed by atoms with Crippen LogP contribution in [-0.4, -0.2) is 34.0 Å². The van der Waals surface area contributed by atoms with Crippen molar-refractivity contribution in [2.75, 3.05) is 6.61 Å². The average Bonchev–Trinajstić information content (AvgIpc) is 2.26. The molecule has 0 aromatic carbocycles. The lowest BCUT2D eigenvalue weighted by atomic mass is 9.99. The Bertz CT molecular complexity index is 304. The largest absolute Gasteiger partial charge is 0.396 e. The van der Waals surface area contributed by atoms with Crippen LogP contribution in [0.25, 0.3) is 0 Å². The molecular weight excluding hydrogens is 182 g/mol. The predicted octanol–water partition coefficient (Wildman–Crippen LogP) is 0.462. The number of carbonyl (C=O) groups is 2. The van der Waals surface area contributed by atoms with Crippen molar-refractivity contribution in [2.24, 2.45) is 0 Å². The molecule has 1 heterocycles. The molecular formula is C10H15NO3. The zero-order valence-electron chi connectivity index (χ0n) is 8.70. The summed E-state index contributed by atoms with van der Waals surface area (Å²) in [5.74, 6) is -0.542. The molecule has 0 aromatic heterocycles. The average molecular weight is 197 g/mol. The SMILES string of the molecule is CC1=CC(=O)N(C(C)(C)CCO)C1=O. The molecule has 0 aromatic rings. The minimum Gasteiger partial charge on any atom is -0.396 e. The molecule has 0 spiro atoms. The summed E-state index contributed by atoms with van der Waals surface area (Å²) in [5.41, 5.74) is -0.155. The molecule has 1 N–H and O–H groups in total. The van der Waals surface area contributed by atoms with Gasteiger partial charge in [-0.2, -0.15) is 0 Å². The van der Waals surface area contributed by atoms with Crippen LogP contribution in [0.1, 0.15) is 27.2 Å². The first-order chi connectivity index (χ1) is 6.40. The van der Waals surface area contributed by atoms with E-state index in [-0.39, 0.29) is 18.4 Å². The number of hydrogen-bond donors (Lipinski definition) is 1. The fraction of sp³-hybridized carbons (Fsp3) is 0.600. The fourth-order valence-electron chi connectivity index (χ4n) is 1.55. The zero-order valence-corrected chi connectivity index (χ0v) is 8.70. The normalized spacial score (nSPS) is 17.7. The van der Waals surface area contributed by atoms with Crippen LogP contribution in [0, 0.1) is 0 Å². The summed E-state index contributed by atoms with van der Waals surface area (Å²) in [6.07, 6.45) is 1.73. The third kappa shape index (κ3) is 1.70. The van der Waals surface area contributed by atoms with E-state index in [2.05, 4.69) is 0 Å². The Kier molecular flexibility index (Phi) is 2.76. The second-order valence-corrected chi connectivity index (χ2v) is 4.09. The van der Waals surface area contributed by atoms with Gasteiger partial charge in [-0.25, -0.2) is 0 Å². The van der Waals surface area contributed by atoms with Crippen molar-refractivity contribution in [2.45, 2.75) is 32.7 Å². The van der Waals surface area contributed by atoms with Crippen LogP contribution in [-0.2, 0) is 9.59 Å². The molecule has 78 valence electrons. The van der Waals surface area contributed by atoms with E-state index in [0.29, 0.717) is 12.0 Å². The van der Waals surface area contributed by atoms with E-state index in [0.717, 1.165) is 0 Å². The van der Waals surface area contributed by atoms with Gasteiger partial charge in [0.15, 0.2) is 0 Å². The van der Waals surface area contributed by atoms with Gasteiger partial charge in [0.05, 0.1) is 0 Å². The third-order valence-electron chi connectivity index (χ3n) is 2.43. The monoisotopic (exact) mass is 197 g/mol. The molecule has 0 bridgehead atoms. The Hall–Kier alpha value is -1.16. The van der Waals surface area contributed by atoms with E-state index in [4.69, 9.17) is 5.11 Å². The van der Waals surface area contributed by atoms with Crippen LogP contribution in [0.3, 0.4) is 0 Å². The van der Waals surface area contributed by atoms with Crippen LogP contribution in [0.2, 0.25) is 0 Å². The van der Waals surface area contributed by atoms with Crippen molar-refractivity contribution < 1.29 is 14.7 Å². The lowest BCUT2D eigenvalue weighted by Gasteiger charge is -2.33. The summed E-state index contributed by atoms with van der Waals surface area (Å²) in [6, 6.07) is 0. The smallest absolute Gasteiger partial charge is 0.257 e. The third-order valence-corrected chi connectivity index (χ3v) is 2.43. The highest BCUT2D eigenvalue weighted by molar-refractivity contribution is 6.16. The van der Waals surface area contributed by atoms with Gasteiger partial charge in [-0.05, 0) is 27.2 Å². The van der Waals surface area contributed by atoms with Crippen LogP contribution in [0.15, 0.2) is 11.6 Å². The number of aliphatic hydroxyl groups is 1. The lowest BCUT2D eigenvalue weighted by Crippen LogP contribution is -2.48. The standard InChI is InChI=1S/C10H15NO3/c1-7-6-8(13)11(9(7)14)10(2,3)4-5-12/h6,12H,4-5H2,1-3H3. The first-order valence-electron chi connectivity index (χ1n) is 4.58. The van der Waals surface area contributed by atoms with Gasteiger partial charge in [0.1, 0.15) is 0 Å². The van der Waals surface area contributed by atoms with Crippen molar-refractivity contribution in [3.8, 4) is 0 Å². The lowest BCUT2D eigenvalue weighted by molar-refractivity contribution is -0.143. The Labute approximate surface area is 83.2 Å². The number of carbonyl (C=O) groups excluding carboxylic acids is 2. The van der Waals surface area contributed by atoms with E-state index < -0.39 is 5.54 Å². The minimum atomic E-state index is -0.614. The summed E-state index contributed by atoms with van der Waals surface area (Å²) in [7, 11) is 0. The van der Waals surface area contributed by atoms with Gasteiger partial charge < -0.3 is 5.11 Å². The molecule has 1 aliphatic heterocycles. The summed E-state index contributed by atoms with van der Waals surface area (Å²) in [6.45, 7) is 5.12. The molecule has 14 heavy (non-hydrogen) atoms. The molecule has 0 atom stereocenters. The maximum atomic E-state index is 11.6. The molecule has 0 aliphatic carbocycles. The van der Waals surface area contributed by atoms with Gasteiger partial charge >= 0.3 is 0 Å². The maximum absolute atomic E-state index is 11.6. The summed E-state index contributed by atoms with van der Waals surface area (Å²) >= 11 is 0. The van der Waals surface area contributed by atoms with Gasteiger partial charge in [-0.15, -0.1) is 0 Å². The Morgan fingerprint density at radius 3 is 2.36 bits per heavy atom. The van der Waals surface area contributed by atoms with Crippen molar-refractivity contribution in [3.63, 3.8) is 0 Å². The van der Waals surface area contributed by atoms with E-state index in [9.17, 15) is 9.59 Å². The number of imide groups is 1. The van der Waals surface area contributed by atoms with Crippen molar-refractivity contribution in [1.82, 2.24) is 4.90 Å². The van der Waals surface area contributed by atoms with Gasteiger partial charge in [0.2, 0.25) is 0 Å². The van der Waals surface area contributed by atoms with Crippen molar-refractivity contribution in [1.29, 1.82) is 0 Å². The Morgan fingerprint density at radius 1 is 1.43 bits per heavy atom. The molecule has 1 aliphatic rings. The van der Waals surface area contributed by atoms with Gasteiger partial charge in [0, 0.05) is 23.8 Å². The van der Waals surface area contributed by atoms with Gasteiger partial charge in [-0.1, -0.05) is 0 Å². The number of hydrogen-bond acceptors (Lipinski definition) is 3. The fourth-order valence-corrected chi connectivity index (χ4v) is 1.55. The van der Waals surface area contributed by atoms with Crippen LogP contribution >= 0.6 is 0 Å². The molecule has 0 fully saturated rings. The van der Waals surface area contributed by atoms with Gasteiger partial charge in [-0.3, -0.25) is 14.5 Å². The molecule has 1 rings (SSSR count). The number of amides is 2. The highest BCUT2D eigenvalue weighted by Gasteiger charge is 2.39. The first kappa shape index (κ1) is 10.9. The number of aliphatic hydroxyl groups excluding tert-OH is 1. The summed E-state index contributed by atoms with van der Waals surface area (Å²) in [4.78, 5) is 24.3. The second-order valence-electron chi connectivity index (χ2n) is 4.09. The summed E-state index contributed by atoms with van der Waals surface area (Å²) in [5, 5.41) is 8.83. The molecule has 0 saturated carbocycles. The molecule has 0 radical (unpaired) electrons. The molecule has 0 unspecified atom stereocenters. The maximum Gasteiger partial charge on any atom is 0.257 e. The Morgan fingerprint density at radius 2 is 2.00 bits per heavy atom. The second kappa shape index (κ2) is 3.53. The van der Waals surface area contributed by atoms with Gasteiger partial charge in [0.25, 0.3) is 11.8 Å². The van der Waals surface area contributed by atoms with Crippen LogP contribution in [0.5, 0.6) is 0 Å². The predicted molar refractivity (Wildman–Crippen MR) is 51.4 cm³/mol. The van der Waals surface area contributed by atoms with Crippen molar-refractivity contribution in [3.05, 3.63) is 11.6 Å². The molecule has 4 heteroatoms. The zero-order chi connectivity index (χ0) is 10.9. The highest BCUT2D eigenvalue weighted by atomic mass is 16.3. The Balaban J connectivity index is 2.91. The first-order valence-corrected chi connectivity index (χ1v) is 4.58. The van der Waals surface area contributed by atoms with E-state index in [1.54, 1.807) is 20.8 Å². The number of rotatable bonds is 3.